The Labute approximate surface area is 90.4 Å². The van der Waals surface area contributed by atoms with Gasteiger partial charge in [-0.25, -0.2) is 0 Å². The lowest BCUT2D eigenvalue weighted by Crippen LogP contribution is -2.24. The standard InChI is InChI=1S/C12H17NO2/c1-9-8-13-12(15-9)7-10-4-3-5-11(6-10)14-2/h3-6,9,12-13H,7-8H2,1-2H3. The molecule has 82 valence electrons. The summed E-state index contributed by atoms with van der Waals surface area (Å²) in [6, 6.07) is 8.10. The summed E-state index contributed by atoms with van der Waals surface area (Å²) < 4.78 is 10.9. The smallest absolute Gasteiger partial charge is 0.119 e. The molecule has 1 fully saturated rings. The highest BCUT2D eigenvalue weighted by molar-refractivity contribution is 5.28. The molecule has 1 heterocycles. The second kappa shape index (κ2) is 4.64. The molecule has 0 bridgehead atoms. The minimum atomic E-state index is 0.145. The van der Waals surface area contributed by atoms with Gasteiger partial charge in [-0.2, -0.15) is 0 Å². The van der Waals surface area contributed by atoms with Gasteiger partial charge in [-0.05, 0) is 24.6 Å². The lowest BCUT2D eigenvalue weighted by molar-refractivity contribution is 0.0520. The lowest BCUT2D eigenvalue weighted by Gasteiger charge is -2.11. The molecule has 1 N–H and O–H groups in total. The summed E-state index contributed by atoms with van der Waals surface area (Å²) in [5, 5.41) is 3.33. The Morgan fingerprint density at radius 1 is 1.53 bits per heavy atom. The molecule has 0 amide bonds. The first-order valence-corrected chi connectivity index (χ1v) is 5.29. The van der Waals surface area contributed by atoms with Gasteiger partial charge in [-0.3, -0.25) is 5.32 Å². The van der Waals surface area contributed by atoms with E-state index in [0.29, 0.717) is 6.10 Å². The quantitative estimate of drug-likeness (QED) is 0.816. The van der Waals surface area contributed by atoms with Gasteiger partial charge in [-0.1, -0.05) is 12.1 Å². The number of benzene rings is 1. The van der Waals surface area contributed by atoms with Crippen LogP contribution in [-0.4, -0.2) is 26.0 Å². The van der Waals surface area contributed by atoms with Crippen molar-refractivity contribution in [2.24, 2.45) is 0 Å². The molecule has 0 aliphatic carbocycles. The maximum absolute atomic E-state index is 5.69. The van der Waals surface area contributed by atoms with Crippen molar-refractivity contribution >= 4 is 0 Å². The Hall–Kier alpha value is -1.06. The fourth-order valence-electron chi connectivity index (χ4n) is 1.81. The van der Waals surface area contributed by atoms with Crippen molar-refractivity contribution in [1.29, 1.82) is 0 Å². The van der Waals surface area contributed by atoms with Gasteiger partial charge in [0.15, 0.2) is 0 Å². The maximum Gasteiger partial charge on any atom is 0.119 e. The molecule has 1 aliphatic heterocycles. The van der Waals surface area contributed by atoms with Crippen molar-refractivity contribution in [2.75, 3.05) is 13.7 Å². The Bertz CT molecular complexity index is 327. The molecule has 0 spiro atoms. The van der Waals surface area contributed by atoms with Crippen molar-refractivity contribution in [3.63, 3.8) is 0 Å². The van der Waals surface area contributed by atoms with Crippen molar-refractivity contribution in [2.45, 2.75) is 25.7 Å². The molecule has 0 aromatic heterocycles. The number of hydrogen-bond donors (Lipinski definition) is 1. The monoisotopic (exact) mass is 207 g/mol. The first kappa shape index (κ1) is 10.5. The van der Waals surface area contributed by atoms with E-state index in [4.69, 9.17) is 9.47 Å². The largest absolute Gasteiger partial charge is 0.497 e. The van der Waals surface area contributed by atoms with Crippen LogP contribution in [0.1, 0.15) is 12.5 Å². The number of methoxy groups -OCH3 is 1. The average Bonchev–Trinajstić information content (AvgIpc) is 2.64. The number of nitrogens with one attached hydrogen (secondary N) is 1. The van der Waals surface area contributed by atoms with E-state index < -0.39 is 0 Å². The summed E-state index contributed by atoms with van der Waals surface area (Å²) in [5.74, 6) is 0.901. The zero-order valence-electron chi connectivity index (χ0n) is 9.19. The predicted octanol–water partition coefficient (Wildman–Crippen LogP) is 1.57. The summed E-state index contributed by atoms with van der Waals surface area (Å²) in [7, 11) is 1.69. The van der Waals surface area contributed by atoms with E-state index >= 15 is 0 Å². The van der Waals surface area contributed by atoms with E-state index in [9.17, 15) is 0 Å². The van der Waals surface area contributed by atoms with E-state index in [-0.39, 0.29) is 6.23 Å². The minimum Gasteiger partial charge on any atom is -0.497 e. The van der Waals surface area contributed by atoms with Crippen LogP contribution in [0.15, 0.2) is 24.3 Å². The third-order valence-electron chi connectivity index (χ3n) is 2.58. The molecule has 2 atom stereocenters. The second-order valence-electron chi connectivity index (χ2n) is 3.90. The van der Waals surface area contributed by atoms with E-state index in [2.05, 4.69) is 18.3 Å². The molecule has 3 heteroatoms. The molecule has 0 saturated carbocycles. The number of hydrogen-bond acceptors (Lipinski definition) is 3. The average molecular weight is 207 g/mol. The Morgan fingerprint density at radius 3 is 3.07 bits per heavy atom. The SMILES string of the molecule is COc1cccc(CC2NCC(C)O2)c1. The van der Waals surface area contributed by atoms with Gasteiger partial charge in [0.25, 0.3) is 0 Å². The van der Waals surface area contributed by atoms with Crippen molar-refractivity contribution in [1.82, 2.24) is 5.32 Å². The van der Waals surface area contributed by atoms with E-state index in [1.54, 1.807) is 7.11 Å². The summed E-state index contributed by atoms with van der Waals surface area (Å²) in [6.45, 7) is 3.02. The van der Waals surface area contributed by atoms with E-state index in [0.717, 1.165) is 18.7 Å². The fourth-order valence-corrected chi connectivity index (χ4v) is 1.81. The van der Waals surface area contributed by atoms with Crippen LogP contribution in [0.3, 0.4) is 0 Å². The van der Waals surface area contributed by atoms with Gasteiger partial charge in [-0.15, -0.1) is 0 Å². The second-order valence-corrected chi connectivity index (χ2v) is 3.90. The van der Waals surface area contributed by atoms with Crippen molar-refractivity contribution in [3.05, 3.63) is 29.8 Å². The van der Waals surface area contributed by atoms with Crippen LogP contribution in [0.25, 0.3) is 0 Å². The Balaban J connectivity index is 1.98. The van der Waals surface area contributed by atoms with Crippen LogP contribution in [-0.2, 0) is 11.2 Å². The highest BCUT2D eigenvalue weighted by Gasteiger charge is 2.20. The molecule has 15 heavy (non-hydrogen) atoms. The van der Waals surface area contributed by atoms with Crippen LogP contribution in [0.5, 0.6) is 5.75 Å². The van der Waals surface area contributed by atoms with Gasteiger partial charge in [0.2, 0.25) is 0 Å². The van der Waals surface area contributed by atoms with Gasteiger partial charge in [0.05, 0.1) is 13.2 Å². The molecule has 0 radical (unpaired) electrons. The molecule has 1 saturated heterocycles. The minimum absolute atomic E-state index is 0.145. The molecular formula is C12H17NO2. The third kappa shape index (κ3) is 2.70. The van der Waals surface area contributed by atoms with Crippen LogP contribution in [0.4, 0.5) is 0 Å². The topological polar surface area (TPSA) is 30.5 Å². The van der Waals surface area contributed by atoms with Gasteiger partial charge < -0.3 is 9.47 Å². The highest BCUT2D eigenvalue weighted by Crippen LogP contribution is 2.16. The molecule has 2 unspecified atom stereocenters. The summed E-state index contributed by atoms with van der Waals surface area (Å²) in [5.41, 5.74) is 1.24. The first-order chi connectivity index (χ1) is 7.28. The predicted molar refractivity (Wildman–Crippen MR) is 59.0 cm³/mol. The lowest BCUT2D eigenvalue weighted by atomic mass is 10.1. The zero-order chi connectivity index (χ0) is 10.7. The summed E-state index contributed by atoms with van der Waals surface area (Å²) >= 11 is 0. The zero-order valence-corrected chi connectivity index (χ0v) is 9.19. The van der Waals surface area contributed by atoms with E-state index in [1.807, 2.05) is 18.2 Å². The maximum atomic E-state index is 5.69. The third-order valence-corrected chi connectivity index (χ3v) is 2.58. The van der Waals surface area contributed by atoms with Crippen LogP contribution < -0.4 is 10.1 Å². The Morgan fingerprint density at radius 2 is 2.40 bits per heavy atom. The van der Waals surface area contributed by atoms with Gasteiger partial charge in [0, 0.05) is 13.0 Å². The molecule has 1 aromatic rings. The van der Waals surface area contributed by atoms with Crippen LogP contribution >= 0.6 is 0 Å². The van der Waals surface area contributed by atoms with Gasteiger partial charge >= 0.3 is 0 Å². The molecule has 2 rings (SSSR count). The van der Waals surface area contributed by atoms with Crippen LogP contribution in [0, 0.1) is 0 Å². The first-order valence-electron chi connectivity index (χ1n) is 5.29. The molecule has 1 aliphatic rings. The highest BCUT2D eigenvalue weighted by atomic mass is 16.5. The molecule has 1 aromatic carbocycles. The molecule has 3 nitrogen and oxygen atoms in total. The fraction of sp³-hybridized carbons (Fsp3) is 0.500. The van der Waals surface area contributed by atoms with Gasteiger partial charge in [0.1, 0.15) is 12.0 Å². The number of ether oxygens (including phenoxy) is 2. The van der Waals surface area contributed by atoms with Crippen molar-refractivity contribution < 1.29 is 9.47 Å². The summed E-state index contributed by atoms with van der Waals surface area (Å²) in [4.78, 5) is 0. The number of rotatable bonds is 3. The Kier molecular flexibility index (Phi) is 3.23. The van der Waals surface area contributed by atoms with Crippen LogP contribution in [0.2, 0.25) is 0 Å². The van der Waals surface area contributed by atoms with Crippen molar-refractivity contribution in [3.8, 4) is 5.75 Å². The summed E-state index contributed by atoms with van der Waals surface area (Å²) in [6.07, 6.45) is 1.36. The van der Waals surface area contributed by atoms with E-state index in [1.165, 1.54) is 5.56 Å². The normalized spacial score (nSPS) is 25.5. The molecular weight excluding hydrogens is 190 g/mol.